The van der Waals surface area contributed by atoms with E-state index in [-0.39, 0.29) is 12.1 Å². The highest BCUT2D eigenvalue weighted by Gasteiger charge is 2.16. The van der Waals surface area contributed by atoms with Crippen molar-refractivity contribution in [2.45, 2.75) is 6.54 Å². The highest BCUT2D eigenvalue weighted by atomic mass is 35.5. The average Bonchev–Trinajstić information content (AvgIpc) is 2.85. The van der Waals surface area contributed by atoms with Gasteiger partial charge in [0, 0.05) is 18.3 Å². The highest BCUT2D eigenvalue weighted by Crippen LogP contribution is 2.35. The Morgan fingerprint density at radius 1 is 1.28 bits per heavy atom. The molecule has 0 aliphatic carbocycles. The molecule has 5 nitrogen and oxygen atoms in total. The van der Waals surface area contributed by atoms with Gasteiger partial charge in [-0.05, 0) is 23.7 Å². The van der Waals surface area contributed by atoms with Crippen LogP contribution in [0.5, 0.6) is 11.5 Å². The molecule has 1 aromatic heterocycles. The molecule has 0 amide bonds. The maximum absolute atomic E-state index is 5.71. The molecule has 0 saturated carbocycles. The van der Waals surface area contributed by atoms with Crippen LogP contribution in [0.15, 0.2) is 30.5 Å². The fraction of sp³-hybridized carbons (Fsp3) is 0.167. The summed E-state index contributed by atoms with van der Waals surface area (Å²) in [5.41, 5.74) is 1.01. The number of halogens is 1. The summed E-state index contributed by atoms with van der Waals surface area (Å²) in [6, 6.07) is 7.54. The maximum Gasteiger partial charge on any atom is 0.231 e. The number of nitrogens with zero attached hydrogens (tertiary/aromatic N) is 2. The molecule has 0 spiro atoms. The highest BCUT2D eigenvalue weighted by molar-refractivity contribution is 6.28. The second-order valence-electron chi connectivity index (χ2n) is 3.72. The van der Waals surface area contributed by atoms with Gasteiger partial charge in [0.25, 0.3) is 0 Å². The van der Waals surface area contributed by atoms with Gasteiger partial charge in [-0.25, -0.2) is 9.97 Å². The molecule has 1 aliphatic rings. The number of nitrogens with one attached hydrogen (secondary N) is 1. The summed E-state index contributed by atoms with van der Waals surface area (Å²) in [6.45, 7) is 0.853. The third-order valence-corrected chi connectivity index (χ3v) is 2.75. The SMILES string of the molecule is Clc1nccc(NCc2cccc3c2OCO3)n1. The minimum atomic E-state index is 0.220. The molecule has 0 bridgehead atoms. The Labute approximate surface area is 109 Å². The van der Waals surface area contributed by atoms with Crippen molar-refractivity contribution in [1.29, 1.82) is 0 Å². The number of aromatic nitrogens is 2. The van der Waals surface area contributed by atoms with E-state index in [1.54, 1.807) is 12.3 Å². The Kier molecular flexibility index (Phi) is 2.90. The van der Waals surface area contributed by atoms with Gasteiger partial charge in [-0.2, -0.15) is 0 Å². The van der Waals surface area contributed by atoms with Crippen LogP contribution in [0, 0.1) is 0 Å². The fourth-order valence-corrected chi connectivity index (χ4v) is 1.90. The number of ether oxygens (including phenoxy) is 2. The summed E-state index contributed by atoms with van der Waals surface area (Å²) < 4.78 is 10.7. The van der Waals surface area contributed by atoms with Crippen LogP contribution >= 0.6 is 11.6 Å². The van der Waals surface area contributed by atoms with E-state index < -0.39 is 0 Å². The lowest BCUT2D eigenvalue weighted by Gasteiger charge is -2.08. The van der Waals surface area contributed by atoms with Crippen molar-refractivity contribution < 1.29 is 9.47 Å². The maximum atomic E-state index is 5.71. The number of hydrogen-bond acceptors (Lipinski definition) is 5. The van der Waals surface area contributed by atoms with E-state index in [0.717, 1.165) is 17.1 Å². The van der Waals surface area contributed by atoms with Gasteiger partial charge in [0.15, 0.2) is 11.5 Å². The van der Waals surface area contributed by atoms with Crippen LogP contribution in [0.3, 0.4) is 0 Å². The zero-order chi connectivity index (χ0) is 12.4. The van der Waals surface area contributed by atoms with Crippen molar-refractivity contribution >= 4 is 17.4 Å². The Balaban J connectivity index is 1.76. The summed E-state index contributed by atoms with van der Waals surface area (Å²) in [7, 11) is 0. The van der Waals surface area contributed by atoms with Crippen LogP contribution < -0.4 is 14.8 Å². The minimum Gasteiger partial charge on any atom is -0.454 e. The van der Waals surface area contributed by atoms with Gasteiger partial charge in [-0.1, -0.05) is 12.1 Å². The summed E-state index contributed by atoms with van der Waals surface area (Å²) in [5, 5.41) is 3.38. The minimum absolute atomic E-state index is 0.220. The summed E-state index contributed by atoms with van der Waals surface area (Å²) in [4.78, 5) is 7.88. The zero-order valence-electron chi connectivity index (χ0n) is 9.39. The van der Waals surface area contributed by atoms with Crippen LogP contribution in [-0.2, 0) is 6.54 Å². The lowest BCUT2D eigenvalue weighted by atomic mass is 10.2. The van der Waals surface area contributed by atoms with E-state index in [0.29, 0.717) is 12.4 Å². The van der Waals surface area contributed by atoms with Crippen molar-refractivity contribution in [3.8, 4) is 11.5 Å². The lowest BCUT2D eigenvalue weighted by Crippen LogP contribution is -2.03. The molecule has 18 heavy (non-hydrogen) atoms. The Hall–Kier alpha value is -2.01. The van der Waals surface area contributed by atoms with Crippen LogP contribution in [0.4, 0.5) is 5.82 Å². The van der Waals surface area contributed by atoms with Crippen molar-refractivity contribution in [1.82, 2.24) is 9.97 Å². The first-order valence-electron chi connectivity index (χ1n) is 5.43. The monoisotopic (exact) mass is 263 g/mol. The molecular formula is C12H10ClN3O2. The topological polar surface area (TPSA) is 56.3 Å². The number of benzene rings is 1. The van der Waals surface area contributed by atoms with Crippen molar-refractivity contribution in [3.63, 3.8) is 0 Å². The zero-order valence-corrected chi connectivity index (χ0v) is 10.1. The second kappa shape index (κ2) is 4.70. The van der Waals surface area contributed by atoms with Crippen molar-refractivity contribution in [3.05, 3.63) is 41.3 Å². The van der Waals surface area contributed by atoms with E-state index in [4.69, 9.17) is 21.1 Å². The molecule has 1 aromatic carbocycles. The predicted octanol–water partition coefficient (Wildman–Crippen LogP) is 2.47. The van der Waals surface area contributed by atoms with Gasteiger partial charge in [0.05, 0.1) is 0 Å². The third-order valence-electron chi connectivity index (χ3n) is 2.56. The van der Waals surface area contributed by atoms with E-state index in [1.165, 1.54) is 0 Å². The molecule has 1 aliphatic heterocycles. The standard InChI is InChI=1S/C12H10ClN3O2/c13-12-14-5-4-10(16-12)15-6-8-2-1-3-9-11(8)18-7-17-9/h1-5H,6-7H2,(H,14,15,16). The molecule has 2 aromatic rings. The number of para-hydroxylation sites is 1. The van der Waals surface area contributed by atoms with Crippen LogP contribution in [0.1, 0.15) is 5.56 Å². The van der Waals surface area contributed by atoms with Gasteiger partial charge in [-0.3, -0.25) is 0 Å². The summed E-state index contributed by atoms with van der Waals surface area (Å²) in [6.07, 6.45) is 1.60. The first kappa shape index (κ1) is 11.1. The van der Waals surface area contributed by atoms with Crippen LogP contribution in [0.25, 0.3) is 0 Å². The molecule has 0 fully saturated rings. The predicted molar refractivity (Wildman–Crippen MR) is 66.9 cm³/mol. The van der Waals surface area contributed by atoms with Crippen molar-refractivity contribution in [2.24, 2.45) is 0 Å². The number of anilines is 1. The Morgan fingerprint density at radius 3 is 3.11 bits per heavy atom. The summed E-state index contributed by atoms with van der Waals surface area (Å²) in [5.74, 6) is 2.23. The molecule has 92 valence electrons. The van der Waals surface area contributed by atoms with E-state index in [1.807, 2.05) is 18.2 Å². The third kappa shape index (κ3) is 2.17. The normalized spacial score (nSPS) is 12.5. The molecule has 0 radical (unpaired) electrons. The molecule has 3 rings (SSSR count). The molecule has 0 atom stereocenters. The number of hydrogen-bond donors (Lipinski definition) is 1. The Morgan fingerprint density at radius 2 is 2.22 bits per heavy atom. The van der Waals surface area contributed by atoms with Gasteiger partial charge in [-0.15, -0.1) is 0 Å². The molecule has 0 saturated heterocycles. The molecule has 6 heteroatoms. The molecule has 0 unspecified atom stereocenters. The first-order chi connectivity index (χ1) is 8.83. The van der Waals surface area contributed by atoms with Gasteiger partial charge < -0.3 is 14.8 Å². The van der Waals surface area contributed by atoms with Gasteiger partial charge in [0.2, 0.25) is 12.1 Å². The smallest absolute Gasteiger partial charge is 0.231 e. The van der Waals surface area contributed by atoms with E-state index >= 15 is 0 Å². The largest absolute Gasteiger partial charge is 0.454 e. The quantitative estimate of drug-likeness (QED) is 0.862. The van der Waals surface area contributed by atoms with Gasteiger partial charge >= 0.3 is 0 Å². The number of rotatable bonds is 3. The molecular weight excluding hydrogens is 254 g/mol. The van der Waals surface area contributed by atoms with Crippen LogP contribution in [-0.4, -0.2) is 16.8 Å². The lowest BCUT2D eigenvalue weighted by molar-refractivity contribution is 0.173. The van der Waals surface area contributed by atoms with Crippen molar-refractivity contribution in [2.75, 3.05) is 12.1 Å². The average molecular weight is 264 g/mol. The number of fused-ring (bicyclic) bond motifs is 1. The van der Waals surface area contributed by atoms with Crippen LogP contribution in [0.2, 0.25) is 5.28 Å². The Bertz CT molecular complexity index is 577. The van der Waals surface area contributed by atoms with E-state index in [2.05, 4.69) is 15.3 Å². The summed E-state index contributed by atoms with van der Waals surface area (Å²) >= 11 is 5.71. The fourth-order valence-electron chi connectivity index (χ4n) is 1.75. The molecule has 1 N–H and O–H groups in total. The first-order valence-corrected chi connectivity index (χ1v) is 5.80. The van der Waals surface area contributed by atoms with E-state index in [9.17, 15) is 0 Å². The second-order valence-corrected chi connectivity index (χ2v) is 4.05. The van der Waals surface area contributed by atoms with Gasteiger partial charge in [0.1, 0.15) is 5.82 Å². The molecule has 2 heterocycles.